The van der Waals surface area contributed by atoms with Gasteiger partial charge in [0.2, 0.25) is 0 Å². The molecule has 0 saturated carbocycles. The molecule has 188 valence electrons. The van der Waals surface area contributed by atoms with Gasteiger partial charge in [0.05, 0.1) is 18.5 Å². The number of hydrogen-bond acceptors (Lipinski definition) is 7. The number of hydrazone groups is 1. The minimum atomic E-state index is -3.03. The summed E-state index contributed by atoms with van der Waals surface area (Å²) in [5.41, 5.74) is 2.22. The number of nitrogens with one attached hydrogen (secondary N) is 1. The third kappa shape index (κ3) is 5.80. The zero-order valence-corrected chi connectivity index (χ0v) is 20.3. The third-order valence-corrected chi connectivity index (χ3v) is 6.19. The van der Waals surface area contributed by atoms with Crippen molar-refractivity contribution in [3.8, 4) is 11.5 Å². The molecule has 2 amide bonds. The van der Waals surface area contributed by atoms with E-state index >= 15 is 0 Å². The normalized spacial score (nSPS) is 15.4. The van der Waals surface area contributed by atoms with Crippen LogP contribution in [0.25, 0.3) is 0 Å². The molecule has 4 rings (SSSR count). The summed E-state index contributed by atoms with van der Waals surface area (Å²) in [5, 5.41) is 10.3. The Balaban J connectivity index is 1.54. The molecule has 0 bridgehead atoms. The van der Waals surface area contributed by atoms with Gasteiger partial charge in [0.15, 0.2) is 11.5 Å². The van der Waals surface area contributed by atoms with E-state index in [9.17, 15) is 18.4 Å². The highest BCUT2D eigenvalue weighted by molar-refractivity contribution is 7.12. The van der Waals surface area contributed by atoms with E-state index in [1.807, 2.05) is 12.3 Å². The van der Waals surface area contributed by atoms with Crippen LogP contribution < -0.4 is 14.8 Å². The van der Waals surface area contributed by atoms with Gasteiger partial charge in [-0.25, -0.2) is 4.79 Å². The summed E-state index contributed by atoms with van der Waals surface area (Å²) in [7, 11) is 1.35. The highest BCUT2D eigenvalue weighted by Gasteiger charge is 2.31. The molecule has 2 aromatic carbocycles. The monoisotopic (exact) mass is 515 g/mol. The van der Waals surface area contributed by atoms with Crippen LogP contribution in [0.3, 0.4) is 0 Å². The van der Waals surface area contributed by atoms with Crippen molar-refractivity contribution >= 4 is 34.7 Å². The molecule has 1 N–H and O–H groups in total. The van der Waals surface area contributed by atoms with Crippen LogP contribution in [0.1, 0.15) is 34.1 Å². The van der Waals surface area contributed by atoms with Crippen LogP contribution in [0, 0.1) is 0 Å². The number of cyclic esters (lactones) is 1. The molecule has 0 aliphatic carbocycles. The van der Waals surface area contributed by atoms with Crippen molar-refractivity contribution in [2.45, 2.75) is 32.6 Å². The Kier molecular flexibility index (Phi) is 7.79. The first-order valence-corrected chi connectivity index (χ1v) is 11.9. The molecule has 1 aliphatic rings. The quantitative estimate of drug-likeness (QED) is 0.392. The maximum atomic E-state index is 12.9. The van der Waals surface area contributed by atoms with Crippen molar-refractivity contribution in [3.05, 3.63) is 76.0 Å². The van der Waals surface area contributed by atoms with Gasteiger partial charge in [-0.15, -0.1) is 11.3 Å². The maximum absolute atomic E-state index is 12.9. The molecule has 8 nitrogen and oxygen atoms in total. The van der Waals surface area contributed by atoms with Crippen molar-refractivity contribution in [2.75, 3.05) is 12.4 Å². The van der Waals surface area contributed by atoms with Crippen LogP contribution in [-0.2, 0) is 11.3 Å². The van der Waals surface area contributed by atoms with Gasteiger partial charge >= 0.3 is 12.7 Å². The first kappa shape index (κ1) is 25.1. The zero-order chi connectivity index (χ0) is 25.7. The molecule has 3 aromatic rings. The Morgan fingerprint density at radius 2 is 1.97 bits per heavy atom. The number of alkyl halides is 2. The summed E-state index contributed by atoms with van der Waals surface area (Å²) >= 11 is 1.35. The van der Waals surface area contributed by atoms with E-state index in [2.05, 4.69) is 15.2 Å². The third-order valence-electron chi connectivity index (χ3n) is 5.32. The smallest absolute Gasteiger partial charge is 0.431 e. The van der Waals surface area contributed by atoms with Crippen LogP contribution in [-0.4, -0.2) is 42.5 Å². The van der Waals surface area contributed by atoms with Crippen molar-refractivity contribution in [3.63, 3.8) is 0 Å². The molecule has 2 heterocycles. The minimum Gasteiger partial charge on any atom is -0.493 e. The van der Waals surface area contributed by atoms with E-state index in [0.717, 1.165) is 5.56 Å². The Morgan fingerprint density at radius 1 is 1.19 bits per heavy atom. The number of anilines is 1. The summed E-state index contributed by atoms with van der Waals surface area (Å²) in [6.07, 6.45) is -0.844. The van der Waals surface area contributed by atoms with Crippen LogP contribution in [0.2, 0.25) is 0 Å². The molecule has 1 aliphatic heterocycles. The van der Waals surface area contributed by atoms with Crippen molar-refractivity contribution in [1.29, 1.82) is 0 Å². The molecule has 0 fully saturated rings. The van der Waals surface area contributed by atoms with Gasteiger partial charge in [-0.05, 0) is 53.8 Å². The number of carbonyl (C=O) groups excluding carboxylic acids is 2. The molecular weight excluding hydrogens is 492 g/mol. The standard InChI is InChI=1S/C25H23F2N3O5S/c1-3-18-22(16-8-11-19(33-2)20(13-16)34-24(26)27)29-30(25(32)35-18)14-15-6-9-17(10-7-15)28-23(31)21-5-4-12-36-21/h4-13,18,24H,3,14H2,1-2H3,(H,28,31). The lowest BCUT2D eigenvalue weighted by Gasteiger charge is -2.29. The van der Waals surface area contributed by atoms with E-state index in [0.29, 0.717) is 28.3 Å². The number of nitrogens with zero attached hydrogens (tertiary/aromatic N) is 2. The van der Waals surface area contributed by atoms with E-state index in [1.54, 1.807) is 42.5 Å². The molecule has 36 heavy (non-hydrogen) atoms. The fourth-order valence-corrected chi connectivity index (χ4v) is 4.20. The molecule has 11 heteroatoms. The average molecular weight is 516 g/mol. The van der Waals surface area contributed by atoms with Crippen LogP contribution in [0.5, 0.6) is 11.5 Å². The number of amides is 2. The Hall–Kier alpha value is -3.99. The molecule has 1 aromatic heterocycles. The summed E-state index contributed by atoms with van der Waals surface area (Å²) in [6, 6.07) is 15.0. The molecular formula is C25H23F2N3O5S. The van der Waals surface area contributed by atoms with Crippen LogP contribution in [0.15, 0.2) is 65.1 Å². The predicted molar refractivity (Wildman–Crippen MR) is 131 cm³/mol. The summed E-state index contributed by atoms with van der Waals surface area (Å²) in [5.74, 6) is -0.207. The fourth-order valence-electron chi connectivity index (χ4n) is 3.58. The van der Waals surface area contributed by atoms with Crippen molar-refractivity contribution < 1.29 is 32.6 Å². The summed E-state index contributed by atoms with van der Waals surface area (Å²) in [6.45, 7) is -1.10. The molecule has 0 radical (unpaired) electrons. The Morgan fingerprint density at radius 3 is 2.61 bits per heavy atom. The van der Waals surface area contributed by atoms with E-state index in [-0.39, 0.29) is 24.0 Å². The van der Waals surface area contributed by atoms with Gasteiger partial charge < -0.3 is 19.5 Å². The van der Waals surface area contributed by atoms with Crippen molar-refractivity contribution in [1.82, 2.24) is 5.01 Å². The zero-order valence-electron chi connectivity index (χ0n) is 19.4. The van der Waals surface area contributed by atoms with Crippen LogP contribution in [0.4, 0.5) is 19.3 Å². The average Bonchev–Trinajstić information content (AvgIpc) is 3.41. The van der Waals surface area contributed by atoms with Gasteiger partial charge in [0.25, 0.3) is 5.91 Å². The van der Waals surface area contributed by atoms with E-state index in [4.69, 9.17) is 9.47 Å². The second kappa shape index (κ2) is 11.2. The number of benzene rings is 2. The summed E-state index contributed by atoms with van der Waals surface area (Å²) < 4.78 is 41.0. The van der Waals surface area contributed by atoms with Gasteiger partial charge in [-0.3, -0.25) is 4.79 Å². The second-order valence-electron chi connectivity index (χ2n) is 7.70. The van der Waals surface area contributed by atoms with Gasteiger partial charge in [-0.1, -0.05) is 25.1 Å². The molecule has 0 saturated heterocycles. The number of ether oxygens (including phenoxy) is 3. The SMILES string of the molecule is CCC1OC(=O)N(Cc2ccc(NC(=O)c3cccs3)cc2)N=C1c1ccc(OC)c(OC(F)F)c1. The lowest BCUT2D eigenvalue weighted by atomic mass is 10.0. The van der Waals surface area contributed by atoms with Crippen molar-refractivity contribution in [2.24, 2.45) is 5.10 Å². The maximum Gasteiger partial charge on any atom is 0.431 e. The van der Waals surface area contributed by atoms with E-state index in [1.165, 1.54) is 35.6 Å². The molecule has 0 spiro atoms. The predicted octanol–water partition coefficient (Wildman–Crippen LogP) is 5.75. The van der Waals surface area contributed by atoms with Gasteiger partial charge in [0, 0.05) is 11.3 Å². The number of rotatable bonds is 9. The first-order valence-electron chi connectivity index (χ1n) is 11.0. The summed E-state index contributed by atoms with van der Waals surface area (Å²) in [4.78, 5) is 25.4. The minimum absolute atomic E-state index is 0.106. The fraction of sp³-hybridized carbons (Fsp3) is 0.240. The highest BCUT2D eigenvalue weighted by Crippen LogP contribution is 2.31. The molecule has 1 atom stereocenters. The lowest BCUT2D eigenvalue weighted by Crippen LogP contribution is -2.41. The number of carbonyl (C=O) groups is 2. The number of halogens is 2. The van der Waals surface area contributed by atoms with Crippen LogP contribution >= 0.6 is 11.3 Å². The molecule has 1 unspecified atom stereocenters. The van der Waals surface area contributed by atoms with E-state index < -0.39 is 18.8 Å². The Labute approximate surface area is 210 Å². The first-order chi connectivity index (χ1) is 17.4. The lowest BCUT2D eigenvalue weighted by molar-refractivity contribution is -0.0512. The topological polar surface area (TPSA) is 89.5 Å². The number of methoxy groups -OCH3 is 1. The van der Waals surface area contributed by atoms with Gasteiger partial charge in [0.1, 0.15) is 11.8 Å². The Bertz CT molecular complexity index is 1250. The number of thiophene rings is 1. The van der Waals surface area contributed by atoms with Gasteiger partial charge in [-0.2, -0.15) is 18.9 Å². The number of hydrogen-bond donors (Lipinski definition) is 1. The second-order valence-corrected chi connectivity index (χ2v) is 8.64. The largest absolute Gasteiger partial charge is 0.493 e. The highest BCUT2D eigenvalue weighted by atomic mass is 32.1.